The fourth-order valence-corrected chi connectivity index (χ4v) is 2.41. The lowest BCUT2D eigenvalue weighted by Crippen LogP contribution is -2.26. The summed E-state index contributed by atoms with van der Waals surface area (Å²) in [6.45, 7) is 4.00. The second-order valence-electron chi connectivity index (χ2n) is 5.14. The largest absolute Gasteiger partial charge is 0.352 e. The number of likely N-dealkylation sites (tertiary alicyclic amines) is 1. The number of hydrogen-bond acceptors (Lipinski definition) is 2. The van der Waals surface area contributed by atoms with Gasteiger partial charge in [0.1, 0.15) is 0 Å². The third kappa shape index (κ3) is 4.27. The number of nitrogens with one attached hydrogen (secondary N) is 1. The molecule has 1 fully saturated rings. The molecule has 1 aromatic carbocycles. The van der Waals surface area contributed by atoms with Crippen LogP contribution in [0.25, 0.3) is 0 Å². The summed E-state index contributed by atoms with van der Waals surface area (Å²) in [5.74, 6) is -2.29. The van der Waals surface area contributed by atoms with E-state index in [1.54, 1.807) is 0 Å². The Morgan fingerprint density at radius 1 is 1.15 bits per heavy atom. The number of hydrogen-bond donors (Lipinski definition) is 1. The zero-order chi connectivity index (χ0) is 14.4. The van der Waals surface area contributed by atoms with E-state index >= 15 is 0 Å². The molecule has 2 rings (SSSR count). The maximum absolute atomic E-state index is 13.0. The van der Waals surface area contributed by atoms with Gasteiger partial charge in [-0.3, -0.25) is 4.79 Å². The van der Waals surface area contributed by atoms with E-state index in [0.717, 1.165) is 31.5 Å². The molecule has 0 atom stereocenters. The van der Waals surface area contributed by atoms with Crippen LogP contribution in [0.3, 0.4) is 0 Å². The molecule has 3 nitrogen and oxygen atoms in total. The van der Waals surface area contributed by atoms with Crippen molar-refractivity contribution in [3.05, 3.63) is 35.4 Å². The summed E-state index contributed by atoms with van der Waals surface area (Å²) in [7, 11) is 0. The Morgan fingerprint density at radius 2 is 1.90 bits per heavy atom. The maximum atomic E-state index is 13.0. The first-order valence-corrected chi connectivity index (χ1v) is 7.12. The van der Waals surface area contributed by atoms with Crippen molar-refractivity contribution in [1.82, 2.24) is 10.2 Å². The molecular formula is C15H20F2N2O. The molecule has 20 heavy (non-hydrogen) atoms. The maximum Gasteiger partial charge on any atom is 0.251 e. The van der Waals surface area contributed by atoms with Crippen molar-refractivity contribution in [2.75, 3.05) is 26.2 Å². The third-order valence-corrected chi connectivity index (χ3v) is 3.57. The highest BCUT2D eigenvalue weighted by Crippen LogP contribution is 2.09. The normalized spacial score (nSPS) is 15.5. The second-order valence-corrected chi connectivity index (χ2v) is 5.14. The minimum atomic E-state index is -0.994. The van der Waals surface area contributed by atoms with Crippen molar-refractivity contribution in [2.45, 2.75) is 25.7 Å². The van der Waals surface area contributed by atoms with Gasteiger partial charge in [0.2, 0.25) is 0 Å². The van der Waals surface area contributed by atoms with Gasteiger partial charge in [-0.1, -0.05) is 0 Å². The van der Waals surface area contributed by atoms with E-state index < -0.39 is 11.6 Å². The molecule has 110 valence electrons. The molecule has 1 N–H and O–H groups in total. The van der Waals surface area contributed by atoms with E-state index in [4.69, 9.17) is 0 Å². The molecular weight excluding hydrogens is 262 g/mol. The van der Waals surface area contributed by atoms with E-state index in [9.17, 15) is 13.6 Å². The van der Waals surface area contributed by atoms with Crippen LogP contribution in [0.2, 0.25) is 0 Å². The van der Waals surface area contributed by atoms with Gasteiger partial charge >= 0.3 is 0 Å². The lowest BCUT2D eigenvalue weighted by molar-refractivity contribution is 0.0952. The predicted octanol–water partition coefficient (Wildman–Crippen LogP) is 2.57. The van der Waals surface area contributed by atoms with Crippen molar-refractivity contribution in [3.8, 4) is 0 Å². The Labute approximate surface area is 118 Å². The monoisotopic (exact) mass is 282 g/mol. The number of benzene rings is 1. The van der Waals surface area contributed by atoms with Crippen molar-refractivity contribution in [1.29, 1.82) is 0 Å². The minimum absolute atomic E-state index is 0.156. The van der Waals surface area contributed by atoms with Gasteiger partial charge in [-0.25, -0.2) is 8.78 Å². The highest BCUT2D eigenvalue weighted by molar-refractivity contribution is 5.94. The van der Waals surface area contributed by atoms with Crippen LogP contribution in [0.1, 0.15) is 36.0 Å². The van der Waals surface area contributed by atoms with Gasteiger partial charge in [-0.15, -0.1) is 0 Å². The molecule has 0 spiro atoms. The van der Waals surface area contributed by atoms with Gasteiger partial charge in [0.05, 0.1) is 0 Å². The Hall–Kier alpha value is -1.49. The van der Waals surface area contributed by atoms with Crippen LogP contribution in [0.4, 0.5) is 8.78 Å². The van der Waals surface area contributed by atoms with Gasteiger partial charge < -0.3 is 10.2 Å². The number of halogens is 2. The van der Waals surface area contributed by atoms with Crippen LogP contribution in [-0.4, -0.2) is 37.0 Å². The molecule has 1 aliphatic rings. The third-order valence-electron chi connectivity index (χ3n) is 3.57. The Kier molecular flexibility index (Phi) is 5.47. The average molecular weight is 282 g/mol. The SMILES string of the molecule is O=C(NCCCCN1CCCC1)c1ccc(F)c(F)c1. The Balaban J connectivity index is 1.65. The van der Waals surface area contributed by atoms with E-state index in [-0.39, 0.29) is 11.5 Å². The number of carbonyl (C=O) groups excluding carboxylic acids is 1. The van der Waals surface area contributed by atoms with Crippen LogP contribution in [0.15, 0.2) is 18.2 Å². The van der Waals surface area contributed by atoms with Gasteiger partial charge in [-0.2, -0.15) is 0 Å². The number of nitrogens with zero attached hydrogens (tertiary/aromatic N) is 1. The van der Waals surface area contributed by atoms with Crippen LogP contribution in [-0.2, 0) is 0 Å². The van der Waals surface area contributed by atoms with Gasteiger partial charge in [0.15, 0.2) is 11.6 Å². The molecule has 5 heteroatoms. The van der Waals surface area contributed by atoms with Crippen molar-refractivity contribution < 1.29 is 13.6 Å². The molecule has 0 unspecified atom stereocenters. The summed E-state index contributed by atoms with van der Waals surface area (Å²) in [5, 5.41) is 2.72. The number of rotatable bonds is 6. The highest BCUT2D eigenvalue weighted by Gasteiger charge is 2.11. The summed E-state index contributed by atoms with van der Waals surface area (Å²) >= 11 is 0. The quantitative estimate of drug-likeness (QED) is 0.813. The lowest BCUT2D eigenvalue weighted by Gasteiger charge is -2.14. The summed E-state index contributed by atoms with van der Waals surface area (Å²) in [5.41, 5.74) is 0.156. The van der Waals surface area contributed by atoms with Crippen LogP contribution < -0.4 is 5.32 Å². The molecule has 1 aliphatic heterocycles. The topological polar surface area (TPSA) is 32.3 Å². The molecule has 1 heterocycles. The zero-order valence-corrected chi connectivity index (χ0v) is 11.5. The van der Waals surface area contributed by atoms with Crippen molar-refractivity contribution in [2.24, 2.45) is 0 Å². The van der Waals surface area contributed by atoms with E-state index in [1.165, 1.54) is 32.0 Å². The number of unbranched alkanes of at least 4 members (excludes halogenated alkanes) is 1. The van der Waals surface area contributed by atoms with Crippen LogP contribution >= 0.6 is 0 Å². The van der Waals surface area contributed by atoms with Crippen molar-refractivity contribution in [3.63, 3.8) is 0 Å². The van der Waals surface area contributed by atoms with Gasteiger partial charge in [0.25, 0.3) is 5.91 Å². The first-order chi connectivity index (χ1) is 9.66. The van der Waals surface area contributed by atoms with Crippen molar-refractivity contribution >= 4 is 5.91 Å². The first kappa shape index (κ1) is 14.9. The molecule has 1 amide bonds. The summed E-state index contributed by atoms with van der Waals surface area (Å²) < 4.78 is 25.7. The summed E-state index contributed by atoms with van der Waals surface area (Å²) in [4.78, 5) is 14.1. The highest BCUT2D eigenvalue weighted by atomic mass is 19.2. The minimum Gasteiger partial charge on any atom is -0.352 e. The molecule has 1 saturated heterocycles. The molecule has 1 aromatic rings. The van der Waals surface area contributed by atoms with Crippen LogP contribution in [0, 0.1) is 11.6 Å². The number of amides is 1. The van der Waals surface area contributed by atoms with E-state index in [2.05, 4.69) is 10.2 Å². The fourth-order valence-electron chi connectivity index (χ4n) is 2.41. The zero-order valence-electron chi connectivity index (χ0n) is 11.5. The fraction of sp³-hybridized carbons (Fsp3) is 0.533. The molecule has 0 aromatic heterocycles. The predicted molar refractivity (Wildman–Crippen MR) is 73.6 cm³/mol. The molecule has 0 aliphatic carbocycles. The Morgan fingerprint density at radius 3 is 2.60 bits per heavy atom. The van der Waals surface area contributed by atoms with E-state index in [1.807, 2.05) is 0 Å². The van der Waals surface area contributed by atoms with E-state index in [0.29, 0.717) is 6.54 Å². The molecule has 0 bridgehead atoms. The standard InChI is InChI=1S/C15H20F2N2O/c16-13-6-5-12(11-14(13)17)15(20)18-7-1-2-8-19-9-3-4-10-19/h5-6,11H,1-4,7-10H2,(H,18,20). The average Bonchev–Trinajstić information content (AvgIpc) is 2.94. The number of carbonyl (C=O) groups is 1. The summed E-state index contributed by atoms with van der Waals surface area (Å²) in [6, 6.07) is 3.19. The first-order valence-electron chi connectivity index (χ1n) is 7.12. The van der Waals surface area contributed by atoms with Crippen LogP contribution in [0.5, 0.6) is 0 Å². The molecule has 0 radical (unpaired) electrons. The van der Waals surface area contributed by atoms with Gasteiger partial charge in [0, 0.05) is 12.1 Å². The lowest BCUT2D eigenvalue weighted by atomic mass is 10.2. The second kappa shape index (κ2) is 7.33. The summed E-state index contributed by atoms with van der Waals surface area (Å²) in [6.07, 6.45) is 4.50. The Bertz CT molecular complexity index is 459. The molecule has 0 saturated carbocycles. The smallest absolute Gasteiger partial charge is 0.251 e. The van der Waals surface area contributed by atoms with Gasteiger partial charge in [-0.05, 0) is 63.5 Å².